The van der Waals surface area contributed by atoms with Crippen LogP contribution in [0.5, 0.6) is 0 Å². The first kappa shape index (κ1) is 86.3. The summed E-state index contributed by atoms with van der Waals surface area (Å²) in [5, 5.41) is 22.9. The van der Waals surface area contributed by atoms with E-state index in [2.05, 4.69) is 219 Å². The molecule has 16 aromatic rings. The molecular weight excluding hydrogens is 1650 g/mol. The molecule has 132 heavy (non-hydrogen) atoms. The number of likely N-dealkylation sites (N-methyl/N-ethyl adjacent to an activating group) is 4. The zero-order valence-corrected chi connectivity index (χ0v) is 77.4. The van der Waals surface area contributed by atoms with Crippen LogP contribution in [-0.4, -0.2) is 332 Å². The van der Waals surface area contributed by atoms with Crippen molar-refractivity contribution >= 4 is 94.8 Å². The predicted octanol–water partition coefficient (Wildman–Crippen LogP) is 12.5. The SMILES string of the molecule is CN1CCN(C2CCN(c3cnc4c(-c5ccnc6ncccc56)cnn4c3)CC2)CC1.Cc1cc2nccc(-c3cnn4cc(N5CCC(N6CCN(C)CC6)CC5)cnc34)c2cc1N.Cc1ccc2c(-c3cnn4cc(N5CCC(N6CCN(C)CC6)CC5)cnc34)ccnc2c1.Cc1ccc2c(-c3cnn4cc(N5CCC(N6CCN(C)CC6)CC5)cnc34)ccnc2c1. The third kappa shape index (κ3) is 18.2. The van der Waals surface area contributed by atoms with E-state index in [4.69, 9.17) is 25.7 Å². The molecule has 0 saturated carbocycles. The van der Waals surface area contributed by atoms with E-state index in [1.807, 2.05) is 130 Å². The van der Waals surface area contributed by atoms with Crippen molar-refractivity contribution in [1.29, 1.82) is 0 Å². The first-order valence-electron chi connectivity index (χ1n) is 47.7. The summed E-state index contributed by atoms with van der Waals surface area (Å²) in [7, 11) is 8.89. The number of pyridine rings is 5. The number of hydrogen-bond acceptors (Lipinski definition) is 26. The molecule has 0 bridgehead atoms. The number of nitrogen functional groups attached to an aromatic ring is 1. The van der Waals surface area contributed by atoms with E-state index in [-0.39, 0.29) is 0 Å². The van der Waals surface area contributed by atoms with Crippen molar-refractivity contribution in [3.63, 3.8) is 0 Å². The van der Waals surface area contributed by atoms with E-state index >= 15 is 0 Å². The minimum atomic E-state index is 0.703. The number of benzene rings is 3. The number of rotatable bonds is 12. The quantitative estimate of drug-likeness (QED) is 0.112. The Hall–Kier alpha value is -12.4. The molecule has 13 aromatic heterocycles. The molecule has 3 aromatic carbocycles. The van der Waals surface area contributed by atoms with E-state index in [0.29, 0.717) is 24.2 Å². The predicted molar refractivity (Wildman–Crippen MR) is 529 cm³/mol. The maximum absolute atomic E-state index is 6.21. The Kier molecular flexibility index (Phi) is 24.9. The van der Waals surface area contributed by atoms with Gasteiger partial charge in [0, 0.05) is 262 Å². The second-order valence-electron chi connectivity index (χ2n) is 37.9. The molecule has 0 radical (unpaired) electrons. The maximum Gasteiger partial charge on any atom is 0.162 e. The number of nitrogens with two attached hydrogens (primary N) is 1. The lowest BCUT2D eigenvalue weighted by Crippen LogP contribution is -2.52. The van der Waals surface area contributed by atoms with Gasteiger partial charge >= 0.3 is 0 Å². The molecule has 8 aliphatic heterocycles. The van der Waals surface area contributed by atoms with Crippen molar-refractivity contribution in [3.05, 3.63) is 207 Å². The smallest absolute Gasteiger partial charge is 0.162 e. The molecule has 0 spiro atoms. The molecule has 30 nitrogen and oxygen atoms in total. The highest BCUT2D eigenvalue weighted by molar-refractivity contribution is 6.01. The Bertz CT molecular complexity index is 6530. The molecule has 24 rings (SSSR count). The third-order valence-corrected chi connectivity index (χ3v) is 29.5. The average molecular weight is 1770 g/mol. The number of anilines is 5. The van der Waals surface area contributed by atoms with Crippen LogP contribution in [0.2, 0.25) is 0 Å². The summed E-state index contributed by atoms with van der Waals surface area (Å²) in [4.78, 5) is 72.1. The summed E-state index contributed by atoms with van der Waals surface area (Å²) in [5.74, 6) is 0. The lowest BCUT2D eigenvalue weighted by molar-refractivity contribution is 0.0982. The molecule has 0 aliphatic carbocycles. The second-order valence-corrected chi connectivity index (χ2v) is 37.9. The standard InChI is InChI=1S/C26H32N8.2C26H31N7.C24H28N8/c1-18-13-25-22(14-24(18)27)21(3-6-28-25)23-16-30-34-17-20(15-29-26(23)34)32-7-4-19(5-8-32)33-11-9-31(2)10-12-33;2*1-19-3-4-23-22(5-8-27-25(23)15-19)24-17-29-33-18-21(16-28-26(24)33)31-9-6-20(7-10-31)32-13-11-30(2)12-14-32;1-29-11-13-31(14-12-29)18-5-9-30(10-6-18)19-15-27-24-22(16-28-32(24)17-19)20-4-8-26-23-21(20)3-2-7-25-23/h3,6,13-17,19H,4-5,7-12,27H2,1-2H3;2*3-5,8,15-18,20H,6-7,9-14H2,1-2H3;2-4,7-8,15-18H,5-6,9-14H2,1H3. The number of piperidine rings is 4. The first-order valence-corrected chi connectivity index (χ1v) is 47.7. The van der Waals surface area contributed by atoms with Gasteiger partial charge in [0.1, 0.15) is 0 Å². The van der Waals surface area contributed by atoms with Crippen molar-refractivity contribution in [2.75, 3.05) is 211 Å². The number of aryl methyl sites for hydroxylation is 3. The molecule has 0 atom stereocenters. The van der Waals surface area contributed by atoms with E-state index < -0.39 is 0 Å². The van der Waals surface area contributed by atoms with E-state index in [9.17, 15) is 0 Å². The molecule has 8 aliphatic rings. The van der Waals surface area contributed by atoms with E-state index in [1.165, 1.54) is 167 Å². The van der Waals surface area contributed by atoms with Crippen LogP contribution in [0.3, 0.4) is 0 Å². The minimum absolute atomic E-state index is 0.703. The Balaban J connectivity index is 0.000000106. The fourth-order valence-corrected chi connectivity index (χ4v) is 21.3. The molecule has 8 fully saturated rings. The summed E-state index contributed by atoms with van der Waals surface area (Å²) in [6, 6.07) is 31.9. The normalized spacial score (nSPS) is 19.0. The van der Waals surface area contributed by atoms with Crippen molar-refractivity contribution in [3.8, 4) is 44.5 Å². The molecule has 0 unspecified atom stereocenters. The summed E-state index contributed by atoms with van der Waals surface area (Å²) in [6.45, 7) is 33.9. The molecule has 2 N–H and O–H groups in total. The Labute approximate surface area is 771 Å². The second kappa shape index (κ2) is 38.1. The van der Waals surface area contributed by atoms with Gasteiger partial charge < -0.3 is 44.9 Å². The molecule has 8 saturated heterocycles. The number of nitrogens with zero attached hydrogens (tertiary/aromatic N) is 29. The van der Waals surface area contributed by atoms with Crippen LogP contribution < -0.4 is 25.3 Å². The molecule has 0 amide bonds. The van der Waals surface area contributed by atoms with Crippen LogP contribution in [0.25, 0.3) is 111 Å². The lowest BCUT2D eigenvalue weighted by atomic mass is 10.0. The van der Waals surface area contributed by atoms with Crippen LogP contribution in [-0.2, 0) is 0 Å². The van der Waals surface area contributed by atoms with Gasteiger partial charge in [-0.2, -0.15) is 20.4 Å². The van der Waals surface area contributed by atoms with Crippen molar-refractivity contribution in [2.24, 2.45) is 0 Å². The fourth-order valence-electron chi connectivity index (χ4n) is 21.3. The van der Waals surface area contributed by atoms with Gasteiger partial charge in [-0.3, -0.25) is 34.6 Å². The van der Waals surface area contributed by atoms with Crippen LogP contribution in [0.4, 0.5) is 28.4 Å². The molecule has 21 heterocycles. The molecule has 680 valence electrons. The summed E-state index contributed by atoms with van der Waals surface area (Å²) in [6.07, 6.45) is 43.0. The topological polar surface area (TPSA) is 250 Å². The van der Waals surface area contributed by atoms with Crippen molar-refractivity contribution < 1.29 is 0 Å². The van der Waals surface area contributed by atoms with Crippen molar-refractivity contribution in [2.45, 2.75) is 96.3 Å². The van der Waals surface area contributed by atoms with Gasteiger partial charge in [0.15, 0.2) is 28.2 Å². The summed E-state index contributed by atoms with van der Waals surface area (Å²) < 4.78 is 7.66. The van der Waals surface area contributed by atoms with E-state index in [1.54, 1.807) is 12.4 Å². The van der Waals surface area contributed by atoms with Crippen LogP contribution in [0, 0.1) is 20.8 Å². The number of aromatic nitrogens is 17. The lowest BCUT2D eigenvalue weighted by Gasteiger charge is -2.42. The minimum Gasteiger partial charge on any atom is -0.398 e. The maximum atomic E-state index is 6.21. The highest BCUT2D eigenvalue weighted by atomic mass is 15.3. The highest BCUT2D eigenvalue weighted by Crippen LogP contribution is 2.39. The zero-order chi connectivity index (χ0) is 89.5. The Morgan fingerprint density at radius 3 is 0.879 bits per heavy atom. The summed E-state index contributed by atoms with van der Waals surface area (Å²) in [5.41, 5.74) is 30.7. The van der Waals surface area contributed by atoms with Gasteiger partial charge in [-0.05, 0) is 200 Å². The average Bonchev–Trinajstić information content (AvgIpc) is 1.63. The van der Waals surface area contributed by atoms with Gasteiger partial charge in [0.25, 0.3) is 0 Å². The Morgan fingerprint density at radius 2 is 0.553 bits per heavy atom. The third-order valence-electron chi connectivity index (χ3n) is 29.5. The van der Waals surface area contributed by atoms with Crippen LogP contribution >= 0.6 is 0 Å². The van der Waals surface area contributed by atoms with E-state index in [0.717, 1.165) is 197 Å². The number of hydrogen-bond donors (Lipinski definition) is 1. The molecular formula is C102H122N30. The molecule has 30 heteroatoms. The van der Waals surface area contributed by atoms with Gasteiger partial charge in [-0.1, -0.05) is 24.3 Å². The monoisotopic (exact) mass is 1770 g/mol. The highest BCUT2D eigenvalue weighted by Gasteiger charge is 2.34. The van der Waals surface area contributed by atoms with Crippen LogP contribution in [0.15, 0.2) is 190 Å². The van der Waals surface area contributed by atoms with Gasteiger partial charge in [0.2, 0.25) is 0 Å². The number of fused-ring (bicyclic) bond motifs is 8. The first-order chi connectivity index (χ1) is 64.6. The van der Waals surface area contributed by atoms with Gasteiger partial charge in [-0.25, -0.2) is 48.0 Å². The Morgan fingerprint density at radius 1 is 0.265 bits per heavy atom. The number of piperazine rings is 4. The van der Waals surface area contributed by atoms with Gasteiger partial charge in [0.05, 0.1) is 114 Å². The van der Waals surface area contributed by atoms with Crippen LogP contribution in [0.1, 0.15) is 68.1 Å². The fraction of sp³-hybridized carbons (Fsp3) is 0.422. The largest absolute Gasteiger partial charge is 0.398 e. The van der Waals surface area contributed by atoms with Crippen molar-refractivity contribution in [1.82, 2.24) is 123 Å². The van der Waals surface area contributed by atoms with Gasteiger partial charge in [-0.15, -0.1) is 0 Å². The summed E-state index contributed by atoms with van der Waals surface area (Å²) >= 11 is 0. The zero-order valence-electron chi connectivity index (χ0n) is 77.4.